The normalized spacial score (nSPS) is 27.0. The zero-order valence-electron chi connectivity index (χ0n) is 13.0. The molecule has 0 aromatic carbocycles. The highest BCUT2D eigenvalue weighted by atomic mass is 16.3. The number of carbonyl (C=O) groups excluding carboxylic acids is 1. The fourth-order valence-electron chi connectivity index (χ4n) is 3.43. The van der Waals surface area contributed by atoms with Crippen LogP contribution in [-0.2, 0) is 11.3 Å². The van der Waals surface area contributed by atoms with Crippen LogP contribution in [-0.4, -0.2) is 74.4 Å². The molecule has 2 fully saturated rings. The van der Waals surface area contributed by atoms with Gasteiger partial charge in [0.2, 0.25) is 5.91 Å². The lowest BCUT2D eigenvalue weighted by Crippen LogP contribution is -2.51. The SMILES string of the molecule is O=C([C@@H]1CCC[C@H](O)C1)N1CCN(CCn2cncn2)CC1. The number of aliphatic hydroxyl groups excluding tert-OH is 1. The van der Waals surface area contributed by atoms with Crippen molar-refractivity contribution in [3.8, 4) is 0 Å². The first-order valence-corrected chi connectivity index (χ1v) is 8.24. The predicted molar refractivity (Wildman–Crippen MR) is 81.0 cm³/mol. The van der Waals surface area contributed by atoms with Crippen LogP contribution in [0.1, 0.15) is 25.7 Å². The van der Waals surface area contributed by atoms with E-state index in [0.717, 1.165) is 58.5 Å². The second-order valence-corrected chi connectivity index (χ2v) is 6.34. The van der Waals surface area contributed by atoms with Gasteiger partial charge >= 0.3 is 0 Å². The first-order valence-electron chi connectivity index (χ1n) is 8.24. The Hall–Kier alpha value is -1.47. The number of carbonyl (C=O) groups is 1. The van der Waals surface area contributed by atoms with Crippen LogP contribution in [0.2, 0.25) is 0 Å². The average Bonchev–Trinajstić information content (AvgIpc) is 3.06. The number of amides is 1. The summed E-state index contributed by atoms with van der Waals surface area (Å²) < 4.78 is 1.83. The van der Waals surface area contributed by atoms with Crippen molar-refractivity contribution >= 4 is 5.91 Å². The summed E-state index contributed by atoms with van der Waals surface area (Å²) in [5.41, 5.74) is 0. The lowest BCUT2D eigenvalue weighted by atomic mass is 9.86. The smallest absolute Gasteiger partial charge is 0.225 e. The molecule has 0 bridgehead atoms. The third kappa shape index (κ3) is 3.84. The van der Waals surface area contributed by atoms with Crippen molar-refractivity contribution in [2.75, 3.05) is 32.7 Å². The number of hydrogen-bond donors (Lipinski definition) is 1. The first-order chi connectivity index (χ1) is 10.7. The van der Waals surface area contributed by atoms with Crippen molar-refractivity contribution in [2.24, 2.45) is 5.92 Å². The number of nitrogens with zero attached hydrogens (tertiary/aromatic N) is 5. The quantitative estimate of drug-likeness (QED) is 0.846. The average molecular weight is 307 g/mol. The van der Waals surface area contributed by atoms with Crippen molar-refractivity contribution in [1.29, 1.82) is 0 Å². The predicted octanol–water partition coefficient (Wildman–Crippen LogP) is -0.0266. The molecule has 2 aliphatic rings. The molecule has 2 atom stereocenters. The maximum atomic E-state index is 12.5. The summed E-state index contributed by atoms with van der Waals surface area (Å²) in [6.45, 7) is 5.19. The Morgan fingerprint density at radius 1 is 1.18 bits per heavy atom. The standard InChI is InChI=1S/C15H25N5O2/c21-14-3-1-2-13(10-14)15(22)19-7-4-18(5-8-19)6-9-20-12-16-11-17-20/h11-14,21H,1-10H2/t13-,14+/m1/s1. The minimum Gasteiger partial charge on any atom is -0.393 e. The third-order valence-electron chi connectivity index (χ3n) is 4.79. The van der Waals surface area contributed by atoms with E-state index in [2.05, 4.69) is 15.0 Å². The van der Waals surface area contributed by atoms with Crippen molar-refractivity contribution in [3.63, 3.8) is 0 Å². The molecule has 0 spiro atoms. The highest BCUT2D eigenvalue weighted by Crippen LogP contribution is 2.26. The van der Waals surface area contributed by atoms with Gasteiger partial charge in [-0.25, -0.2) is 4.98 Å². The minimum atomic E-state index is -0.285. The van der Waals surface area contributed by atoms with Crippen LogP contribution in [0.5, 0.6) is 0 Å². The number of piperazine rings is 1. The van der Waals surface area contributed by atoms with Gasteiger partial charge in [-0.1, -0.05) is 6.42 Å². The Balaban J connectivity index is 1.42. The van der Waals surface area contributed by atoms with Crippen molar-refractivity contribution < 1.29 is 9.90 Å². The molecule has 0 unspecified atom stereocenters. The Bertz CT molecular complexity index is 470. The third-order valence-corrected chi connectivity index (χ3v) is 4.79. The van der Waals surface area contributed by atoms with Crippen molar-refractivity contribution in [2.45, 2.75) is 38.3 Å². The molecular formula is C15H25N5O2. The number of aliphatic hydroxyl groups is 1. The van der Waals surface area contributed by atoms with Crippen LogP contribution in [0.25, 0.3) is 0 Å². The van der Waals surface area contributed by atoms with Gasteiger partial charge in [-0.15, -0.1) is 0 Å². The first kappa shape index (κ1) is 15.4. The Morgan fingerprint density at radius 3 is 2.68 bits per heavy atom. The molecule has 1 saturated carbocycles. The lowest BCUT2D eigenvalue weighted by molar-refractivity contribution is -0.139. The molecule has 1 aliphatic heterocycles. The van der Waals surface area contributed by atoms with E-state index in [0.29, 0.717) is 6.42 Å². The van der Waals surface area contributed by atoms with Gasteiger partial charge in [-0.3, -0.25) is 14.4 Å². The molecule has 1 aliphatic carbocycles. The van der Waals surface area contributed by atoms with Crippen LogP contribution in [0.3, 0.4) is 0 Å². The van der Waals surface area contributed by atoms with Gasteiger partial charge in [0.25, 0.3) is 0 Å². The van der Waals surface area contributed by atoms with Gasteiger partial charge in [0.05, 0.1) is 12.6 Å². The molecule has 22 heavy (non-hydrogen) atoms. The zero-order valence-corrected chi connectivity index (χ0v) is 13.0. The van der Waals surface area contributed by atoms with E-state index in [1.807, 2.05) is 9.58 Å². The summed E-state index contributed by atoms with van der Waals surface area (Å²) in [4.78, 5) is 20.8. The summed E-state index contributed by atoms with van der Waals surface area (Å²) in [5.74, 6) is 0.278. The van der Waals surface area contributed by atoms with E-state index in [1.165, 1.54) is 0 Å². The molecule has 3 rings (SSSR count). The molecule has 7 nitrogen and oxygen atoms in total. The van der Waals surface area contributed by atoms with Crippen LogP contribution in [0, 0.1) is 5.92 Å². The molecule has 1 aromatic heterocycles. The second kappa shape index (κ2) is 7.19. The molecule has 2 heterocycles. The highest BCUT2D eigenvalue weighted by molar-refractivity contribution is 5.79. The monoisotopic (exact) mass is 307 g/mol. The number of aromatic nitrogens is 3. The maximum Gasteiger partial charge on any atom is 0.225 e. The molecule has 122 valence electrons. The Morgan fingerprint density at radius 2 is 2.00 bits per heavy atom. The molecule has 7 heteroatoms. The Kier molecular flexibility index (Phi) is 5.04. The second-order valence-electron chi connectivity index (χ2n) is 6.34. The lowest BCUT2D eigenvalue weighted by Gasteiger charge is -2.37. The highest BCUT2D eigenvalue weighted by Gasteiger charge is 2.31. The van der Waals surface area contributed by atoms with Gasteiger partial charge in [-0.05, 0) is 19.3 Å². The van der Waals surface area contributed by atoms with Crippen LogP contribution in [0.15, 0.2) is 12.7 Å². The van der Waals surface area contributed by atoms with Crippen LogP contribution in [0.4, 0.5) is 0 Å². The van der Waals surface area contributed by atoms with E-state index in [9.17, 15) is 9.90 Å². The van der Waals surface area contributed by atoms with Gasteiger partial charge in [0.1, 0.15) is 12.7 Å². The largest absolute Gasteiger partial charge is 0.393 e. The topological polar surface area (TPSA) is 74.5 Å². The summed E-state index contributed by atoms with van der Waals surface area (Å²) in [6.07, 6.45) is 6.39. The number of hydrogen-bond acceptors (Lipinski definition) is 5. The van der Waals surface area contributed by atoms with E-state index in [1.54, 1.807) is 12.7 Å². The fraction of sp³-hybridized carbons (Fsp3) is 0.800. The van der Waals surface area contributed by atoms with E-state index >= 15 is 0 Å². The molecule has 0 radical (unpaired) electrons. The molecule has 1 saturated heterocycles. The summed E-state index contributed by atoms with van der Waals surface area (Å²) in [5, 5.41) is 13.8. The number of rotatable bonds is 4. The fourth-order valence-corrected chi connectivity index (χ4v) is 3.43. The summed E-state index contributed by atoms with van der Waals surface area (Å²) in [7, 11) is 0. The van der Waals surface area contributed by atoms with E-state index < -0.39 is 0 Å². The summed E-state index contributed by atoms with van der Waals surface area (Å²) in [6, 6.07) is 0. The van der Waals surface area contributed by atoms with Gasteiger partial charge in [-0.2, -0.15) is 5.10 Å². The molecule has 1 aromatic rings. The molecule has 1 N–H and O–H groups in total. The summed E-state index contributed by atoms with van der Waals surface area (Å²) >= 11 is 0. The van der Waals surface area contributed by atoms with Crippen LogP contribution >= 0.6 is 0 Å². The van der Waals surface area contributed by atoms with Crippen molar-refractivity contribution in [3.05, 3.63) is 12.7 Å². The zero-order chi connectivity index (χ0) is 15.4. The molecular weight excluding hydrogens is 282 g/mol. The van der Waals surface area contributed by atoms with E-state index in [-0.39, 0.29) is 17.9 Å². The minimum absolute atomic E-state index is 0.0328. The molecule has 1 amide bonds. The van der Waals surface area contributed by atoms with Gasteiger partial charge < -0.3 is 10.0 Å². The van der Waals surface area contributed by atoms with Crippen LogP contribution < -0.4 is 0 Å². The van der Waals surface area contributed by atoms with Gasteiger partial charge in [0.15, 0.2) is 0 Å². The van der Waals surface area contributed by atoms with E-state index in [4.69, 9.17) is 0 Å². The Labute approximate surface area is 130 Å². The van der Waals surface area contributed by atoms with Gasteiger partial charge in [0, 0.05) is 38.6 Å². The van der Waals surface area contributed by atoms with Crippen molar-refractivity contribution in [1.82, 2.24) is 24.6 Å². The maximum absolute atomic E-state index is 12.5.